The molecule has 0 fully saturated rings. The largest absolute Gasteiger partial charge is 0.481 e. The fraction of sp³-hybridized carbons (Fsp3) is 0.556. The zero-order valence-electron chi connectivity index (χ0n) is 9.71. The number of rotatable bonds is 8. The number of amides is 1. The normalized spacial score (nSPS) is 10.3. The van der Waals surface area contributed by atoms with E-state index in [1.54, 1.807) is 7.11 Å². The standard InChI is InChI=1S/C9H13N3O4S2/c1-16-4-2-3-6(13)10-8-11-12-9(18-8)17-5-7(14)15/h2-5H2,1H3,(H,14,15)(H,10,11,13). The molecule has 0 saturated carbocycles. The Kier molecular flexibility index (Phi) is 6.61. The van der Waals surface area contributed by atoms with E-state index in [0.29, 0.717) is 28.9 Å². The van der Waals surface area contributed by atoms with Crippen molar-refractivity contribution < 1.29 is 19.4 Å². The highest BCUT2D eigenvalue weighted by Crippen LogP contribution is 2.25. The third-order valence-corrected chi connectivity index (χ3v) is 3.68. The molecule has 0 bridgehead atoms. The zero-order valence-corrected chi connectivity index (χ0v) is 11.3. The Morgan fingerprint density at radius 3 is 2.94 bits per heavy atom. The van der Waals surface area contributed by atoms with E-state index in [2.05, 4.69) is 15.5 Å². The summed E-state index contributed by atoms with van der Waals surface area (Å²) < 4.78 is 5.35. The Morgan fingerprint density at radius 1 is 1.50 bits per heavy atom. The second-order valence-corrected chi connectivity index (χ2v) is 5.40. The molecule has 2 N–H and O–H groups in total. The van der Waals surface area contributed by atoms with Crippen molar-refractivity contribution in [2.45, 2.75) is 17.2 Å². The lowest BCUT2D eigenvalue weighted by atomic mass is 10.3. The van der Waals surface area contributed by atoms with E-state index in [1.807, 2.05) is 0 Å². The van der Waals surface area contributed by atoms with E-state index >= 15 is 0 Å². The number of hydrogen-bond donors (Lipinski definition) is 2. The number of thioether (sulfide) groups is 1. The van der Waals surface area contributed by atoms with Gasteiger partial charge in [-0.05, 0) is 6.42 Å². The van der Waals surface area contributed by atoms with Crippen molar-refractivity contribution in [3.63, 3.8) is 0 Å². The van der Waals surface area contributed by atoms with Crippen LogP contribution < -0.4 is 5.32 Å². The number of carboxylic acid groups (broad SMARTS) is 1. The molecule has 0 aliphatic heterocycles. The average Bonchev–Trinajstić information content (AvgIpc) is 2.74. The first kappa shape index (κ1) is 14.9. The minimum Gasteiger partial charge on any atom is -0.481 e. The lowest BCUT2D eigenvalue weighted by Gasteiger charge is -1.99. The van der Waals surface area contributed by atoms with Gasteiger partial charge in [-0.1, -0.05) is 23.1 Å². The number of nitrogens with one attached hydrogen (secondary N) is 1. The molecule has 1 amide bonds. The fourth-order valence-electron chi connectivity index (χ4n) is 1.00. The number of anilines is 1. The van der Waals surface area contributed by atoms with Crippen molar-refractivity contribution in [3.8, 4) is 0 Å². The molecule has 0 aromatic carbocycles. The highest BCUT2D eigenvalue weighted by atomic mass is 32.2. The van der Waals surface area contributed by atoms with Gasteiger partial charge in [0, 0.05) is 20.1 Å². The van der Waals surface area contributed by atoms with Gasteiger partial charge in [0.15, 0.2) is 4.34 Å². The van der Waals surface area contributed by atoms with Gasteiger partial charge in [0.1, 0.15) is 0 Å². The minimum atomic E-state index is -0.916. The first-order valence-corrected chi connectivity index (χ1v) is 6.89. The molecule has 7 nitrogen and oxygen atoms in total. The summed E-state index contributed by atoms with van der Waals surface area (Å²) in [4.78, 5) is 21.8. The van der Waals surface area contributed by atoms with E-state index in [9.17, 15) is 9.59 Å². The number of ether oxygens (including phenoxy) is 1. The highest BCUT2D eigenvalue weighted by Gasteiger charge is 2.09. The summed E-state index contributed by atoms with van der Waals surface area (Å²) in [6.07, 6.45) is 0.993. The van der Waals surface area contributed by atoms with Gasteiger partial charge >= 0.3 is 5.97 Å². The fourth-order valence-corrected chi connectivity index (χ4v) is 2.49. The highest BCUT2D eigenvalue weighted by molar-refractivity contribution is 8.01. The van der Waals surface area contributed by atoms with Gasteiger partial charge < -0.3 is 15.2 Å². The van der Waals surface area contributed by atoms with Crippen LogP contribution in [0, 0.1) is 0 Å². The number of aliphatic carboxylic acids is 1. The van der Waals surface area contributed by atoms with Crippen molar-refractivity contribution in [1.82, 2.24) is 10.2 Å². The van der Waals surface area contributed by atoms with Gasteiger partial charge in [-0.25, -0.2) is 0 Å². The van der Waals surface area contributed by atoms with Gasteiger partial charge in [-0.15, -0.1) is 10.2 Å². The third-order valence-electron chi connectivity index (χ3n) is 1.72. The van der Waals surface area contributed by atoms with Gasteiger partial charge in [0.25, 0.3) is 0 Å². The second kappa shape index (κ2) is 8.01. The maximum absolute atomic E-state index is 11.4. The molecular weight excluding hydrogens is 278 g/mol. The van der Waals surface area contributed by atoms with E-state index in [1.165, 1.54) is 0 Å². The number of hydrogen-bond acceptors (Lipinski definition) is 7. The Labute approximate surface area is 112 Å². The maximum Gasteiger partial charge on any atom is 0.313 e. The van der Waals surface area contributed by atoms with Crippen molar-refractivity contribution in [2.24, 2.45) is 0 Å². The molecule has 0 aliphatic rings. The third kappa shape index (κ3) is 5.94. The molecule has 0 atom stereocenters. The van der Waals surface area contributed by atoms with Crippen molar-refractivity contribution in [2.75, 3.05) is 24.8 Å². The molecular formula is C9H13N3O4S2. The monoisotopic (exact) mass is 291 g/mol. The summed E-state index contributed by atoms with van der Waals surface area (Å²) >= 11 is 2.23. The molecule has 9 heteroatoms. The van der Waals surface area contributed by atoms with Crippen LogP contribution in [-0.4, -0.2) is 46.6 Å². The van der Waals surface area contributed by atoms with Crippen molar-refractivity contribution in [1.29, 1.82) is 0 Å². The van der Waals surface area contributed by atoms with Gasteiger partial charge in [-0.2, -0.15) is 0 Å². The van der Waals surface area contributed by atoms with Gasteiger partial charge in [0.05, 0.1) is 5.75 Å². The van der Waals surface area contributed by atoms with Crippen LogP contribution in [0.25, 0.3) is 0 Å². The average molecular weight is 291 g/mol. The van der Waals surface area contributed by atoms with E-state index < -0.39 is 5.97 Å². The smallest absolute Gasteiger partial charge is 0.313 e. The quantitative estimate of drug-likeness (QED) is 0.420. The Balaban J connectivity index is 2.34. The van der Waals surface area contributed by atoms with Crippen LogP contribution in [0.15, 0.2) is 4.34 Å². The Hall–Kier alpha value is -1.19. The van der Waals surface area contributed by atoms with Gasteiger partial charge in [-0.3, -0.25) is 9.59 Å². The SMILES string of the molecule is COCCCC(=O)Nc1nnc(SCC(=O)O)s1. The van der Waals surface area contributed by atoms with E-state index in [0.717, 1.165) is 23.1 Å². The number of aromatic nitrogens is 2. The first-order chi connectivity index (χ1) is 8.61. The molecule has 0 unspecified atom stereocenters. The number of nitrogens with zero attached hydrogens (tertiary/aromatic N) is 2. The van der Waals surface area contributed by atoms with Crippen LogP contribution in [0.4, 0.5) is 5.13 Å². The zero-order chi connectivity index (χ0) is 13.4. The summed E-state index contributed by atoms with van der Waals surface area (Å²) in [5.41, 5.74) is 0. The van der Waals surface area contributed by atoms with E-state index in [4.69, 9.17) is 9.84 Å². The first-order valence-electron chi connectivity index (χ1n) is 5.08. The molecule has 0 saturated heterocycles. The number of carbonyl (C=O) groups is 2. The van der Waals surface area contributed by atoms with Crippen LogP contribution in [0.3, 0.4) is 0 Å². The Morgan fingerprint density at radius 2 is 2.28 bits per heavy atom. The predicted octanol–water partition coefficient (Wildman–Crippen LogP) is 1.08. The minimum absolute atomic E-state index is 0.0730. The van der Waals surface area contributed by atoms with Crippen molar-refractivity contribution in [3.05, 3.63) is 0 Å². The molecule has 0 aliphatic carbocycles. The summed E-state index contributed by atoms with van der Waals surface area (Å²) in [6.45, 7) is 0.531. The second-order valence-electron chi connectivity index (χ2n) is 3.20. The molecule has 1 rings (SSSR count). The summed E-state index contributed by atoms with van der Waals surface area (Å²) in [7, 11) is 1.58. The lowest BCUT2D eigenvalue weighted by molar-refractivity contribution is -0.133. The molecule has 100 valence electrons. The number of carbonyl (C=O) groups excluding carboxylic acids is 1. The van der Waals surface area contributed by atoms with Gasteiger partial charge in [0.2, 0.25) is 11.0 Å². The summed E-state index contributed by atoms with van der Waals surface area (Å²) in [6, 6.07) is 0. The molecule has 1 aromatic rings. The van der Waals surface area contributed by atoms with Crippen LogP contribution in [-0.2, 0) is 14.3 Å². The molecule has 0 radical (unpaired) electrons. The maximum atomic E-state index is 11.4. The van der Waals surface area contributed by atoms with Crippen molar-refractivity contribution >= 4 is 40.1 Å². The predicted molar refractivity (Wildman–Crippen MR) is 68.0 cm³/mol. The molecule has 0 spiro atoms. The topological polar surface area (TPSA) is 101 Å². The summed E-state index contributed by atoms with van der Waals surface area (Å²) in [5.74, 6) is -1.14. The number of methoxy groups -OCH3 is 1. The lowest BCUT2D eigenvalue weighted by Crippen LogP contribution is -2.11. The number of carboxylic acids is 1. The van der Waals surface area contributed by atoms with Crippen LogP contribution in [0.1, 0.15) is 12.8 Å². The van der Waals surface area contributed by atoms with Crippen LogP contribution in [0.2, 0.25) is 0 Å². The molecule has 1 aromatic heterocycles. The molecule has 1 heterocycles. The molecule has 18 heavy (non-hydrogen) atoms. The van der Waals surface area contributed by atoms with Crippen LogP contribution >= 0.6 is 23.1 Å². The Bertz CT molecular complexity index is 410. The summed E-state index contributed by atoms with van der Waals surface area (Å²) in [5, 5.41) is 19.0. The van der Waals surface area contributed by atoms with E-state index in [-0.39, 0.29) is 11.7 Å². The van der Waals surface area contributed by atoms with Crippen LogP contribution in [0.5, 0.6) is 0 Å².